The van der Waals surface area contributed by atoms with Crippen LogP contribution >= 0.6 is 0 Å². The fourth-order valence-corrected chi connectivity index (χ4v) is 2.38. The van der Waals surface area contributed by atoms with Crippen LogP contribution in [0.2, 0.25) is 0 Å². The van der Waals surface area contributed by atoms with Gasteiger partial charge in [-0.1, -0.05) is 36.4 Å². The highest BCUT2D eigenvalue weighted by Crippen LogP contribution is 2.13. The molecular formula is C16H24FNOS. The number of aryl methyl sites for hydroxylation is 1. The number of hydrogen-bond acceptors (Lipinski definition) is 1. The van der Waals surface area contributed by atoms with Gasteiger partial charge in [-0.15, -0.1) is 0 Å². The van der Waals surface area contributed by atoms with E-state index in [1.54, 1.807) is 13.0 Å². The Hall–Kier alpha value is -1.00. The van der Waals surface area contributed by atoms with Crippen LogP contribution in [-0.2, 0) is 17.4 Å². The van der Waals surface area contributed by atoms with Crippen LogP contribution in [0.5, 0.6) is 0 Å². The van der Waals surface area contributed by atoms with E-state index in [-0.39, 0.29) is 5.83 Å². The van der Waals surface area contributed by atoms with Gasteiger partial charge in [0.25, 0.3) is 0 Å². The Labute approximate surface area is 124 Å². The molecule has 1 unspecified atom stereocenters. The Balaban J connectivity index is 2.46. The summed E-state index contributed by atoms with van der Waals surface area (Å²) in [5.74, 6) is -0.251. The molecule has 2 atom stereocenters. The van der Waals surface area contributed by atoms with Gasteiger partial charge in [-0.25, -0.2) is 13.3 Å². The summed E-state index contributed by atoms with van der Waals surface area (Å²) in [6.07, 6.45) is 3.03. The van der Waals surface area contributed by atoms with Crippen molar-refractivity contribution in [1.82, 2.24) is 4.72 Å². The minimum atomic E-state index is -1.26. The highest BCUT2D eigenvalue weighted by Gasteiger charge is 2.22. The zero-order valence-corrected chi connectivity index (χ0v) is 13.5. The Kier molecular flexibility index (Phi) is 6.56. The van der Waals surface area contributed by atoms with Gasteiger partial charge >= 0.3 is 0 Å². The summed E-state index contributed by atoms with van der Waals surface area (Å²) in [5.41, 5.74) is 1.19. The second-order valence-electron chi connectivity index (χ2n) is 5.83. The van der Waals surface area contributed by atoms with E-state index >= 15 is 0 Å². The van der Waals surface area contributed by atoms with Gasteiger partial charge in [-0.05, 0) is 46.1 Å². The lowest BCUT2D eigenvalue weighted by Crippen LogP contribution is -2.38. The van der Waals surface area contributed by atoms with Crippen molar-refractivity contribution in [2.75, 3.05) is 0 Å². The molecule has 1 N–H and O–H groups in total. The molecule has 0 bridgehead atoms. The van der Waals surface area contributed by atoms with Crippen molar-refractivity contribution >= 4 is 11.0 Å². The average Bonchev–Trinajstić information content (AvgIpc) is 2.38. The molecular weight excluding hydrogens is 273 g/mol. The van der Waals surface area contributed by atoms with Crippen LogP contribution in [0.3, 0.4) is 0 Å². The molecule has 1 rings (SSSR count). The average molecular weight is 297 g/mol. The van der Waals surface area contributed by atoms with Crippen LogP contribution in [0, 0.1) is 0 Å². The van der Waals surface area contributed by atoms with Crippen molar-refractivity contribution in [3.8, 4) is 0 Å². The summed E-state index contributed by atoms with van der Waals surface area (Å²) >= 11 is 0. The molecule has 0 radical (unpaired) electrons. The Morgan fingerprint density at radius 3 is 2.50 bits per heavy atom. The molecule has 20 heavy (non-hydrogen) atoms. The van der Waals surface area contributed by atoms with Gasteiger partial charge in [0.15, 0.2) is 0 Å². The minimum absolute atomic E-state index is 0.251. The van der Waals surface area contributed by atoms with Gasteiger partial charge in [0, 0.05) is 0 Å². The van der Waals surface area contributed by atoms with Crippen molar-refractivity contribution in [3.05, 3.63) is 47.8 Å². The third kappa shape index (κ3) is 5.97. The molecule has 0 aliphatic carbocycles. The number of allylic oxidation sites excluding steroid dienone is 1. The van der Waals surface area contributed by atoms with Crippen molar-refractivity contribution < 1.29 is 8.60 Å². The van der Waals surface area contributed by atoms with Gasteiger partial charge in [0.1, 0.15) is 5.83 Å². The third-order valence-corrected chi connectivity index (χ3v) is 4.55. The standard InChI is InChI=1S/C16H24FNOS/c1-13(18-20(19)16(2,3)4)15(17)12-8-11-14-9-6-5-7-10-14/h5-7,9-10,12-13,18H,8,11H2,1-4H3/b15-12-/t13-,20?/m0/s1. The lowest BCUT2D eigenvalue weighted by Gasteiger charge is -2.21. The number of hydrogen-bond donors (Lipinski definition) is 1. The highest BCUT2D eigenvalue weighted by molar-refractivity contribution is 7.84. The summed E-state index contributed by atoms with van der Waals surface area (Å²) in [4.78, 5) is 0. The molecule has 0 amide bonds. The molecule has 0 aliphatic heterocycles. The van der Waals surface area contributed by atoms with E-state index in [0.717, 1.165) is 6.42 Å². The number of benzene rings is 1. The summed E-state index contributed by atoms with van der Waals surface area (Å²) in [6.45, 7) is 7.28. The van der Waals surface area contributed by atoms with Crippen LogP contribution in [0.15, 0.2) is 42.2 Å². The fourth-order valence-electron chi connectivity index (χ4n) is 1.59. The van der Waals surface area contributed by atoms with E-state index in [9.17, 15) is 8.60 Å². The van der Waals surface area contributed by atoms with E-state index in [1.165, 1.54) is 5.56 Å². The summed E-state index contributed by atoms with van der Waals surface area (Å²) < 4.78 is 28.2. The first-order chi connectivity index (χ1) is 9.30. The Morgan fingerprint density at radius 2 is 1.95 bits per heavy atom. The molecule has 112 valence electrons. The van der Waals surface area contributed by atoms with Crippen molar-refractivity contribution in [2.24, 2.45) is 0 Å². The van der Waals surface area contributed by atoms with Crippen molar-refractivity contribution in [3.63, 3.8) is 0 Å². The zero-order chi connectivity index (χ0) is 15.2. The predicted octanol–water partition coefficient (Wildman–Crippen LogP) is 3.91. The second kappa shape index (κ2) is 7.70. The van der Waals surface area contributed by atoms with Crippen LogP contribution in [0.1, 0.15) is 39.7 Å². The first-order valence-electron chi connectivity index (χ1n) is 6.88. The maximum absolute atomic E-state index is 13.9. The monoisotopic (exact) mass is 297 g/mol. The fraction of sp³-hybridized carbons (Fsp3) is 0.500. The quantitative estimate of drug-likeness (QED) is 0.847. The van der Waals surface area contributed by atoms with E-state index in [2.05, 4.69) is 4.72 Å². The maximum Gasteiger partial charge on any atom is 0.114 e. The molecule has 2 nitrogen and oxygen atoms in total. The normalized spacial score (nSPS) is 15.9. The zero-order valence-electron chi connectivity index (χ0n) is 12.7. The molecule has 0 saturated carbocycles. The van der Waals surface area contributed by atoms with Crippen LogP contribution in [0.4, 0.5) is 4.39 Å². The largest absolute Gasteiger partial charge is 0.242 e. The lowest BCUT2D eigenvalue weighted by atomic mass is 10.1. The molecule has 0 fully saturated rings. The van der Waals surface area contributed by atoms with E-state index < -0.39 is 21.8 Å². The van der Waals surface area contributed by atoms with Crippen LogP contribution < -0.4 is 4.72 Å². The second-order valence-corrected chi connectivity index (χ2v) is 7.83. The van der Waals surface area contributed by atoms with Gasteiger partial charge in [0.2, 0.25) is 0 Å². The van der Waals surface area contributed by atoms with E-state index in [4.69, 9.17) is 0 Å². The topological polar surface area (TPSA) is 29.1 Å². The molecule has 0 heterocycles. The first-order valence-corrected chi connectivity index (χ1v) is 8.03. The molecule has 0 spiro atoms. The van der Waals surface area contributed by atoms with E-state index in [1.807, 2.05) is 51.1 Å². The minimum Gasteiger partial charge on any atom is -0.242 e. The summed E-state index contributed by atoms with van der Waals surface area (Å²) in [5, 5.41) is 0. The third-order valence-electron chi connectivity index (χ3n) is 2.87. The number of rotatable bonds is 6. The molecule has 0 saturated heterocycles. The maximum atomic E-state index is 13.9. The predicted molar refractivity (Wildman–Crippen MR) is 84.4 cm³/mol. The Bertz CT molecular complexity index is 465. The first kappa shape index (κ1) is 17.1. The summed E-state index contributed by atoms with van der Waals surface area (Å²) in [6, 6.07) is 9.46. The van der Waals surface area contributed by atoms with Gasteiger partial charge < -0.3 is 0 Å². The summed E-state index contributed by atoms with van der Waals surface area (Å²) in [7, 11) is -1.26. The van der Waals surface area contributed by atoms with Gasteiger partial charge in [-0.3, -0.25) is 0 Å². The van der Waals surface area contributed by atoms with Gasteiger partial charge in [-0.2, -0.15) is 0 Å². The molecule has 0 aromatic heterocycles. The van der Waals surface area contributed by atoms with Gasteiger partial charge in [0.05, 0.1) is 21.8 Å². The highest BCUT2D eigenvalue weighted by atomic mass is 32.2. The van der Waals surface area contributed by atoms with E-state index in [0.29, 0.717) is 6.42 Å². The molecule has 1 aromatic carbocycles. The number of halogens is 1. The lowest BCUT2D eigenvalue weighted by molar-refractivity contribution is 0.527. The molecule has 0 aliphatic rings. The molecule has 1 aromatic rings. The number of nitrogens with one attached hydrogen (secondary N) is 1. The Morgan fingerprint density at radius 1 is 1.35 bits per heavy atom. The van der Waals surface area contributed by atoms with Crippen LogP contribution in [-0.4, -0.2) is 15.0 Å². The SMILES string of the molecule is C[C@H](NS(=O)C(C)(C)C)/C(F)=C/CCc1ccccc1. The molecule has 4 heteroatoms. The van der Waals surface area contributed by atoms with Crippen molar-refractivity contribution in [2.45, 2.75) is 51.3 Å². The van der Waals surface area contributed by atoms with Crippen molar-refractivity contribution in [1.29, 1.82) is 0 Å². The smallest absolute Gasteiger partial charge is 0.114 e. The van der Waals surface area contributed by atoms with Crippen LogP contribution in [0.25, 0.3) is 0 Å².